The summed E-state index contributed by atoms with van der Waals surface area (Å²) in [4.78, 5) is 8.81. The minimum absolute atomic E-state index is 0.412. The van der Waals surface area contributed by atoms with Gasteiger partial charge in [0.25, 0.3) is 0 Å². The molecular formula is C15H25N5O. The second-order valence-corrected chi connectivity index (χ2v) is 6.06. The van der Waals surface area contributed by atoms with Gasteiger partial charge in [0.05, 0.1) is 0 Å². The zero-order chi connectivity index (χ0) is 14.7. The molecule has 0 unspecified atom stereocenters. The van der Waals surface area contributed by atoms with E-state index in [4.69, 9.17) is 10.6 Å². The van der Waals surface area contributed by atoms with Gasteiger partial charge in [-0.3, -0.25) is 0 Å². The predicted octanol–water partition coefficient (Wildman–Crippen LogP) is 2.15. The van der Waals surface area contributed by atoms with E-state index in [-0.39, 0.29) is 0 Å². The lowest BCUT2D eigenvalue weighted by Gasteiger charge is -2.17. The molecule has 2 fully saturated rings. The van der Waals surface area contributed by atoms with Gasteiger partial charge in [0.15, 0.2) is 5.82 Å². The Morgan fingerprint density at radius 3 is 2.48 bits per heavy atom. The molecule has 2 saturated carbocycles. The summed E-state index contributed by atoms with van der Waals surface area (Å²) in [6.45, 7) is 4.03. The molecule has 0 aromatic carbocycles. The van der Waals surface area contributed by atoms with Crippen LogP contribution in [0.15, 0.2) is 6.07 Å². The van der Waals surface area contributed by atoms with Gasteiger partial charge in [-0.15, -0.1) is 0 Å². The van der Waals surface area contributed by atoms with Crippen LogP contribution in [-0.2, 0) is 11.3 Å². The lowest BCUT2D eigenvalue weighted by Crippen LogP contribution is -2.20. The Morgan fingerprint density at radius 1 is 1.24 bits per heavy atom. The zero-order valence-electron chi connectivity index (χ0n) is 12.6. The SMILES string of the molecule is CCOCc1nc(NN)cc(NCC(C2CC2)C2CC2)n1. The maximum absolute atomic E-state index is 5.48. The molecule has 6 nitrogen and oxygen atoms in total. The van der Waals surface area contributed by atoms with Gasteiger partial charge in [-0.25, -0.2) is 15.8 Å². The Bertz CT molecular complexity index is 461. The van der Waals surface area contributed by atoms with Crippen LogP contribution in [0.4, 0.5) is 11.6 Å². The van der Waals surface area contributed by atoms with Gasteiger partial charge >= 0.3 is 0 Å². The van der Waals surface area contributed by atoms with Crippen LogP contribution in [0.25, 0.3) is 0 Å². The van der Waals surface area contributed by atoms with Crippen LogP contribution in [-0.4, -0.2) is 23.1 Å². The molecule has 0 atom stereocenters. The van der Waals surface area contributed by atoms with Gasteiger partial charge in [-0.1, -0.05) is 0 Å². The van der Waals surface area contributed by atoms with Crippen molar-refractivity contribution in [2.24, 2.45) is 23.6 Å². The van der Waals surface area contributed by atoms with E-state index >= 15 is 0 Å². The fraction of sp³-hybridized carbons (Fsp3) is 0.733. The van der Waals surface area contributed by atoms with Crippen LogP contribution >= 0.6 is 0 Å². The van der Waals surface area contributed by atoms with Crippen LogP contribution in [0, 0.1) is 17.8 Å². The van der Waals surface area contributed by atoms with Crippen molar-refractivity contribution < 1.29 is 4.74 Å². The van der Waals surface area contributed by atoms with E-state index in [9.17, 15) is 0 Å². The topological polar surface area (TPSA) is 85.1 Å². The standard InChI is InChI=1S/C15H25N5O/c1-2-21-9-15-18-13(7-14(19-15)20-16)17-8-12(10-3-4-10)11-5-6-11/h7,10-12H,2-6,8-9,16H2,1H3,(H2,17,18,19,20). The summed E-state index contributed by atoms with van der Waals surface area (Å²) in [5, 5.41) is 3.48. The van der Waals surface area contributed by atoms with Gasteiger partial charge < -0.3 is 15.5 Å². The zero-order valence-corrected chi connectivity index (χ0v) is 12.6. The number of hydrogen-bond acceptors (Lipinski definition) is 6. The summed E-state index contributed by atoms with van der Waals surface area (Å²) >= 11 is 0. The quantitative estimate of drug-likeness (QED) is 0.477. The molecule has 0 aliphatic heterocycles. The van der Waals surface area contributed by atoms with Crippen molar-refractivity contribution in [3.63, 3.8) is 0 Å². The summed E-state index contributed by atoms with van der Waals surface area (Å²) in [6.07, 6.45) is 5.60. The molecule has 6 heteroatoms. The van der Waals surface area contributed by atoms with Crippen molar-refractivity contribution in [3.8, 4) is 0 Å². The number of anilines is 2. The highest BCUT2D eigenvalue weighted by Crippen LogP contribution is 2.49. The van der Waals surface area contributed by atoms with E-state index < -0.39 is 0 Å². The van der Waals surface area contributed by atoms with Crippen LogP contribution in [0.2, 0.25) is 0 Å². The maximum Gasteiger partial charge on any atom is 0.158 e. The Morgan fingerprint density at radius 2 is 1.90 bits per heavy atom. The molecule has 1 heterocycles. The molecule has 21 heavy (non-hydrogen) atoms. The van der Waals surface area contributed by atoms with Crippen LogP contribution < -0.4 is 16.6 Å². The average Bonchev–Trinajstić information content (AvgIpc) is 3.37. The second kappa shape index (κ2) is 6.58. The van der Waals surface area contributed by atoms with E-state index in [2.05, 4.69) is 20.7 Å². The number of nitrogens with zero attached hydrogens (tertiary/aromatic N) is 2. The number of rotatable bonds is 9. The lowest BCUT2D eigenvalue weighted by molar-refractivity contribution is 0.128. The largest absolute Gasteiger partial charge is 0.374 e. The molecule has 2 aliphatic carbocycles. The number of ether oxygens (including phenoxy) is 1. The Labute approximate surface area is 125 Å². The molecule has 2 aliphatic rings. The van der Waals surface area contributed by atoms with Crippen LogP contribution in [0.3, 0.4) is 0 Å². The van der Waals surface area contributed by atoms with Crippen molar-refractivity contribution in [1.29, 1.82) is 0 Å². The molecule has 0 spiro atoms. The Hall–Kier alpha value is -1.40. The average molecular weight is 291 g/mol. The minimum Gasteiger partial charge on any atom is -0.374 e. The first kappa shape index (κ1) is 14.5. The first-order valence-electron chi connectivity index (χ1n) is 7.96. The summed E-state index contributed by atoms with van der Waals surface area (Å²) in [5.74, 6) is 10.3. The number of hydrogen-bond donors (Lipinski definition) is 3. The van der Waals surface area contributed by atoms with Gasteiger partial charge in [0.2, 0.25) is 0 Å². The van der Waals surface area contributed by atoms with Crippen LogP contribution in [0.5, 0.6) is 0 Å². The molecule has 0 radical (unpaired) electrons. The molecule has 4 N–H and O–H groups in total. The van der Waals surface area contributed by atoms with Crippen molar-refractivity contribution in [2.45, 2.75) is 39.2 Å². The number of nitrogen functional groups attached to an aromatic ring is 1. The predicted molar refractivity (Wildman–Crippen MR) is 82.6 cm³/mol. The smallest absolute Gasteiger partial charge is 0.158 e. The molecule has 0 bridgehead atoms. The highest BCUT2D eigenvalue weighted by atomic mass is 16.5. The summed E-state index contributed by atoms with van der Waals surface area (Å²) in [7, 11) is 0. The third-order valence-electron chi connectivity index (χ3n) is 4.33. The van der Waals surface area contributed by atoms with E-state index in [1.807, 2.05) is 13.0 Å². The monoisotopic (exact) mass is 291 g/mol. The van der Waals surface area contributed by atoms with Gasteiger partial charge in [-0.2, -0.15) is 0 Å². The van der Waals surface area contributed by atoms with Crippen molar-refractivity contribution in [2.75, 3.05) is 23.9 Å². The molecule has 0 amide bonds. The Kier molecular flexibility index (Phi) is 4.55. The molecule has 1 aromatic rings. The molecular weight excluding hydrogens is 266 g/mol. The number of aromatic nitrogens is 2. The van der Waals surface area contributed by atoms with Gasteiger partial charge in [0, 0.05) is 19.2 Å². The van der Waals surface area contributed by atoms with Gasteiger partial charge in [-0.05, 0) is 50.4 Å². The summed E-state index contributed by atoms with van der Waals surface area (Å²) in [5.41, 5.74) is 2.60. The summed E-state index contributed by atoms with van der Waals surface area (Å²) in [6, 6.07) is 1.85. The van der Waals surface area contributed by atoms with Gasteiger partial charge in [0.1, 0.15) is 18.2 Å². The molecule has 116 valence electrons. The molecule has 1 aromatic heterocycles. The lowest BCUT2D eigenvalue weighted by atomic mass is 9.98. The number of hydrazine groups is 1. The fourth-order valence-electron chi connectivity index (χ4n) is 2.91. The maximum atomic E-state index is 5.48. The van der Waals surface area contributed by atoms with E-state index in [0.29, 0.717) is 24.9 Å². The highest BCUT2D eigenvalue weighted by Gasteiger charge is 2.41. The third-order valence-corrected chi connectivity index (χ3v) is 4.33. The number of nitrogens with two attached hydrogens (primary N) is 1. The highest BCUT2D eigenvalue weighted by molar-refractivity contribution is 5.46. The van der Waals surface area contributed by atoms with E-state index in [1.54, 1.807) is 0 Å². The number of nitrogens with one attached hydrogen (secondary N) is 2. The first-order valence-corrected chi connectivity index (χ1v) is 7.96. The van der Waals surface area contributed by atoms with E-state index in [0.717, 1.165) is 30.1 Å². The second-order valence-electron chi connectivity index (χ2n) is 6.06. The molecule has 0 saturated heterocycles. The third kappa shape index (κ3) is 4.04. The van der Waals surface area contributed by atoms with Crippen LogP contribution in [0.1, 0.15) is 38.4 Å². The Balaban J connectivity index is 1.62. The van der Waals surface area contributed by atoms with Crippen molar-refractivity contribution in [1.82, 2.24) is 9.97 Å². The first-order chi connectivity index (χ1) is 10.3. The molecule has 3 rings (SSSR count). The van der Waals surface area contributed by atoms with Crippen molar-refractivity contribution >= 4 is 11.6 Å². The minimum atomic E-state index is 0.412. The fourth-order valence-corrected chi connectivity index (χ4v) is 2.91. The van der Waals surface area contributed by atoms with E-state index in [1.165, 1.54) is 25.7 Å². The van der Waals surface area contributed by atoms with Crippen molar-refractivity contribution in [3.05, 3.63) is 11.9 Å². The normalized spacial score (nSPS) is 18.0. The summed E-state index contributed by atoms with van der Waals surface area (Å²) < 4.78 is 5.37.